The molecule has 3 heteroatoms. The third kappa shape index (κ3) is 4.57. The third-order valence-electron chi connectivity index (χ3n) is 3.45. The number of benzene rings is 1. The Morgan fingerprint density at radius 3 is 2.86 bits per heavy atom. The Labute approximate surface area is 127 Å². The maximum absolute atomic E-state index is 6.03. The van der Waals surface area contributed by atoms with Crippen LogP contribution in [0.2, 0.25) is 0 Å². The zero-order valence-electron chi connectivity index (χ0n) is 13.1. The van der Waals surface area contributed by atoms with E-state index in [2.05, 4.69) is 49.3 Å². The quantitative estimate of drug-likeness (QED) is 0.833. The van der Waals surface area contributed by atoms with Gasteiger partial charge in [0, 0.05) is 29.6 Å². The largest absolute Gasteiger partial charge is 0.488 e. The summed E-state index contributed by atoms with van der Waals surface area (Å²) in [5.74, 6) is 0.954. The topological polar surface area (TPSA) is 34.1 Å². The fraction of sp³-hybridized carbons (Fsp3) is 0.389. The second kappa shape index (κ2) is 7.79. The lowest BCUT2D eigenvalue weighted by molar-refractivity contribution is 0.299. The molecule has 2 aromatic rings. The fourth-order valence-corrected chi connectivity index (χ4v) is 2.24. The number of hydrogen-bond acceptors (Lipinski definition) is 3. The van der Waals surface area contributed by atoms with Crippen molar-refractivity contribution < 1.29 is 4.74 Å². The van der Waals surface area contributed by atoms with Crippen LogP contribution in [0.15, 0.2) is 42.7 Å². The first-order chi connectivity index (χ1) is 10.2. The number of hydrogen-bond donors (Lipinski definition) is 1. The first-order valence-electron chi connectivity index (χ1n) is 7.56. The second-order valence-corrected chi connectivity index (χ2v) is 5.37. The SMILES string of the molecule is CCCNC(C)c1ccc(C)cc1OCc1cccnc1. The lowest BCUT2D eigenvalue weighted by atomic mass is 10.0. The second-order valence-electron chi connectivity index (χ2n) is 5.37. The molecule has 1 heterocycles. The van der Waals surface area contributed by atoms with Crippen molar-refractivity contribution in [3.8, 4) is 5.75 Å². The summed E-state index contributed by atoms with van der Waals surface area (Å²) in [6.07, 6.45) is 4.74. The molecule has 112 valence electrons. The van der Waals surface area contributed by atoms with Crippen LogP contribution in [0.25, 0.3) is 0 Å². The number of pyridine rings is 1. The zero-order valence-corrected chi connectivity index (χ0v) is 13.1. The molecule has 21 heavy (non-hydrogen) atoms. The molecule has 0 aliphatic rings. The summed E-state index contributed by atoms with van der Waals surface area (Å²) in [7, 11) is 0. The maximum Gasteiger partial charge on any atom is 0.124 e. The van der Waals surface area contributed by atoms with Crippen LogP contribution in [-0.4, -0.2) is 11.5 Å². The van der Waals surface area contributed by atoms with Crippen molar-refractivity contribution in [2.45, 2.75) is 39.8 Å². The minimum Gasteiger partial charge on any atom is -0.488 e. The Morgan fingerprint density at radius 2 is 2.14 bits per heavy atom. The number of nitrogens with one attached hydrogen (secondary N) is 1. The van der Waals surface area contributed by atoms with Crippen LogP contribution in [0, 0.1) is 6.92 Å². The summed E-state index contributed by atoms with van der Waals surface area (Å²) < 4.78 is 6.03. The van der Waals surface area contributed by atoms with E-state index in [1.54, 1.807) is 6.20 Å². The summed E-state index contributed by atoms with van der Waals surface area (Å²) in [6, 6.07) is 10.6. The van der Waals surface area contributed by atoms with Gasteiger partial charge in [-0.1, -0.05) is 25.1 Å². The van der Waals surface area contributed by atoms with E-state index in [1.165, 1.54) is 11.1 Å². The molecular weight excluding hydrogens is 260 g/mol. The minimum absolute atomic E-state index is 0.287. The van der Waals surface area contributed by atoms with Gasteiger partial charge < -0.3 is 10.1 Å². The van der Waals surface area contributed by atoms with E-state index in [1.807, 2.05) is 18.3 Å². The molecule has 0 aliphatic heterocycles. The summed E-state index contributed by atoms with van der Waals surface area (Å²) in [5.41, 5.74) is 3.50. The average Bonchev–Trinajstić information content (AvgIpc) is 2.51. The standard InChI is InChI=1S/C18H24N2O/c1-4-9-20-15(3)17-8-7-14(2)11-18(17)21-13-16-6-5-10-19-12-16/h5-8,10-12,15,20H,4,9,13H2,1-3H3. The van der Waals surface area contributed by atoms with Gasteiger partial charge in [-0.3, -0.25) is 4.98 Å². The Bertz CT molecular complexity index is 554. The molecular formula is C18H24N2O. The minimum atomic E-state index is 0.287. The molecule has 1 aromatic carbocycles. The number of aryl methyl sites for hydroxylation is 1. The molecule has 0 fully saturated rings. The molecule has 1 atom stereocenters. The van der Waals surface area contributed by atoms with Crippen LogP contribution in [0.3, 0.4) is 0 Å². The summed E-state index contributed by atoms with van der Waals surface area (Å²) in [4.78, 5) is 4.12. The van der Waals surface area contributed by atoms with Crippen LogP contribution < -0.4 is 10.1 Å². The van der Waals surface area contributed by atoms with Crippen molar-refractivity contribution in [1.29, 1.82) is 0 Å². The van der Waals surface area contributed by atoms with Crippen LogP contribution in [-0.2, 0) is 6.61 Å². The first-order valence-corrected chi connectivity index (χ1v) is 7.56. The Hall–Kier alpha value is -1.87. The molecule has 1 N–H and O–H groups in total. The van der Waals surface area contributed by atoms with E-state index in [4.69, 9.17) is 4.74 Å². The van der Waals surface area contributed by atoms with Gasteiger partial charge in [0.05, 0.1) is 0 Å². The maximum atomic E-state index is 6.03. The normalized spacial score (nSPS) is 12.1. The third-order valence-corrected chi connectivity index (χ3v) is 3.45. The van der Waals surface area contributed by atoms with Gasteiger partial charge in [0.1, 0.15) is 12.4 Å². The van der Waals surface area contributed by atoms with Gasteiger partial charge in [-0.25, -0.2) is 0 Å². The number of aromatic nitrogens is 1. The van der Waals surface area contributed by atoms with Crippen molar-refractivity contribution in [2.24, 2.45) is 0 Å². The molecule has 3 nitrogen and oxygen atoms in total. The number of rotatable bonds is 7. The highest BCUT2D eigenvalue weighted by Crippen LogP contribution is 2.27. The summed E-state index contributed by atoms with van der Waals surface area (Å²) in [6.45, 7) is 8.00. The van der Waals surface area contributed by atoms with Gasteiger partial charge in [0.2, 0.25) is 0 Å². The van der Waals surface area contributed by atoms with Crippen LogP contribution in [0.1, 0.15) is 43.0 Å². The van der Waals surface area contributed by atoms with E-state index in [-0.39, 0.29) is 6.04 Å². The Kier molecular flexibility index (Phi) is 5.76. The molecule has 0 bridgehead atoms. The molecule has 1 aromatic heterocycles. The molecule has 0 aliphatic carbocycles. The van der Waals surface area contributed by atoms with Crippen molar-refractivity contribution in [3.05, 3.63) is 59.4 Å². The average molecular weight is 284 g/mol. The smallest absolute Gasteiger partial charge is 0.124 e. The molecule has 0 saturated heterocycles. The molecule has 0 radical (unpaired) electrons. The molecule has 0 amide bonds. The van der Waals surface area contributed by atoms with E-state index < -0.39 is 0 Å². The van der Waals surface area contributed by atoms with Crippen LogP contribution >= 0.6 is 0 Å². The van der Waals surface area contributed by atoms with E-state index in [0.717, 1.165) is 24.3 Å². The van der Waals surface area contributed by atoms with Crippen molar-refractivity contribution in [2.75, 3.05) is 6.54 Å². The number of ether oxygens (including phenoxy) is 1. The Morgan fingerprint density at radius 1 is 1.29 bits per heavy atom. The van der Waals surface area contributed by atoms with Crippen LogP contribution in [0.4, 0.5) is 0 Å². The molecule has 0 saturated carbocycles. The van der Waals surface area contributed by atoms with Crippen molar-refractivity contribution >= 4 is 0 Å². The van der Waals surface area contributed by atoms with Gasteiger partial charge in [-0.2, -0.15) is 0 Å². The highest BCUT2D eigenvalue weighted by atomic mass is 16.5. The monoisotopic (exact) mass is 284 g/mol. The van der Waals surface area contributed by atoms with Gasteiger partial charge in [0.25, 0.3) is 0 Å². The predicted molar refractivity (Wildman–Crippen MR) is 86.5 cm³/mol. The highest BCUT2D eigenvalue weighted by Gasteiger charge is 2.11. The molecule has 1 unspecified atom stereocenters. The lowest BCUT2D eigenvalue weighted by Crippen LogP contribution is -2.20. The van der Waals surface area contributed by atoms with E-state index in [0.29, 0.717) is 6.61 Å². The zero-order chi connectivity index (χ0) is 15.1. The van der Waals surface area contributed by atoms with Gasteiger partial charge in [-0.05, 0) is 44.5 Å². The first kappa shape index (κ1) is 15.5. The lowest BCUT2D eigenvalue weighted by Gasteiger charge is -2.19. The van der Waals surface area contributed by atoms with E-state index >= 15 is 0 Å². The van der Waals surface area contributed by atoms with Gasteiger partial charge in [-0.15, -0.1) is 0 Å². The van der Waals surface area contributed by atoms with Gasteiger partial charge >= 0.3 is 0 Å². The van der Waals surface area contributed by atoms with Crippen molar-refractivity contribution in [3.63, 3.8) is 0 Å². The van der Waals surface area contributed by atoms with Crippen LogP contribution in [0.5, 0.6) is 5.75 Å². The summed E-state index contributed by atoms with van der Waals surface area (Å²) in [5, 5.41) is 3.51. The van der Waals surface area contributed by atoms with E-state index in [9.17, 15) is 0 Å². The predicted octanol–water partition coefficient (Wildman–Crippen LogP) is 4.03. The fourth-order valence-electron chi connectivity index (χ4n) is 2.24. The van der Waals surface area contributed by atoms with Gasteiger partial charge in [0.15, 0.2) is 0 Å². The highest BCUT2D eigenvalue weighted by molar-refractivity contribution is 5.39. The molecule has 0 spiro atoms. The summed E-state index contributed by atoms with van der Waals surface area (Å²) >= 11 is 0. The van der Waals surface area contributed by atoms with Crippen molar-refractivity contribution in [1.82, 2.24) is 10.3 Å². The Balaban J connectivity index is 2.11. The molecule has 2 rings (SSSR count). The number of nitrogens with zero attached hydrogens (tertiary/aromatic N) is 1.